The molecule has 0 spiro atoms. The predicted octanol–water partition coefficient (Wildman–Crippen LogP) is 1.40. The van der Waals surface area contributed by atoms with Crippen LogP contribution in [0.25, 0.3) is 0 Å². The summed E-state index contributed by atoms with van der Waals surface area (Å²) in [7, 11) is 1.91. The van der Waals surface area contributed by atoms with E-state index in [9.17, 15) is 4.79 Å². The molecule has 0 saturated carbocycles. The first kappa shape index (κ1) is 11.8. The van der Waals surface area contributed by atoms with Gasteiger partial charge in [0.05, 0.1) is 7.05 Å². The van der Waals surface area contributed by atoms with Crippen LogP contribution in [-0.4, -0.2) is 28.1 Å². The number of hydrogen-bond donors (Lipinski definition) is 0. The van der Waals surface area contributed by atoms with Crippen LogP contribution in [0.1, 0.15) is 27.2 Å². The lowest BCUT2D eigenvalue weighted by Gasteiger charge is -2.24. The van der Waals surface area contributed by atoms with Crippen molar-refractivity contribution in [3.63, 3.8) is 0 Å². The number of amides is 1. The molecule has 0 aromatic carbocycles. The summed E-state index contributed by atoms with van der Waals surface area (Å²) >= 11 is 0. The summed E-state index contributed by atoms with van der Waals surface area (Å²) in [5.41, 5.74) is 0. The van der Waals surface area contributed by atoms with E-state index in [1.54, 1.807) is 17.1 Å². The number of carbonyl (C=O) groups is 1. The van der Waals surface area contributed by atoms with Crippen LogP contribution in [0.2, 0.25) is 0 Å². The third kappa shape index (κ3) is 2.58. The van der Waals surface area contributed by atoms with Gasteiger partial charge in [-0.05, 0) is 20.3 Å². The third-order valence-electron chi connectivity index (χ3n) is 2.70. The highest BCUT2D eigenvalue weighted by molar-refractivity contribution is 5.76. The Morgan fingerprint density at radius 1 is 1.53 bits per heavy atom. The van der Waals surface area contributed by atoms with Crippen LogP contribution >= 0.6 is 0 Å². The van der Waals surface area contributed by atoms with Crippen molar-refractivity contribution in [1.82, 2.24) is 9.47 Å². The molecule has 0 bridgehead atoms. The first-order chi connectivity index (χ1) is 7.10. The van der Waals surface area contributed by atoms with Gasteiger partial charge in [-0.2, -0.15) is 4.57 Å². The van der Waals surface area contributed by atoms with Crippen molar-refractivity contribution < 1.29 is 9.36 Å². The Morgan fingerprint density at radius 2 is 2.20 bits per heavy atom. The average Bonchev–Trinajstić information content (AvgIpc) is 2.65. The highest BCUT2D eigenvalue weighted by atomic mass is 16.2. The maximum atomic E-state index is 12.1. The van der Waals surface area contributed by atoms with Crippen molar-refractivity contribution in [3.05, 3.63) is 18.7 Å². The highest BCUT2D eigenvalue weighted by Gasteiger charge is 2.22. The van der Waals surface area contributed by atoms with Crippen LogP contribution in [0.3, 0.4) is 0 Å². The van der Waals surface area contributed by atoms with Crippen molar-refractivity contribution in [2.45, 2.75) is 33.2 Å². The largest absolute Gasteiger partial charge is 0.416 e. The molecule has 1 atom stereocenters. The van der Waals surface area contributed by atoms with Crippen molar-refractivity contribution in [3.8, 4) is 0 Å². The summed E-state index contributed by atoms with van der Waals surface area (Å²) in [5, 5.41) is 0. The number of hydrogen-bond acceptors (Lipinski definition) is 1. The van der Waals surface area contributed by atoms with E-state index >= 15 is 0 Å². The van der Waals surface area contributed by atoms with Crippen LogP contribution < -0.4 is 4.57 Å². The summed E-state index contributed by atoms with van der Waals surface area (Å²) in [5.74, 6) is 0. The molecule has 0 aliphatic rings. The van der Waals surface area contributed by atoms with E-state index in [0.29, 0.717) is 0 Å². The van der Waals surface area contributed by atoms with Crippen LogP contribution in [0.4, 0.5) is 4.79 Å². The minimum Gasteiger partial charge on any atom is -0.302 e. The number of rotatable bonds is 3. The first-order valence-corrected chi connectivity index (χ1v) is 5.44. The smallest absolute Gasteiger partial charge is 0.302 e. The van der Waals surface area contributed by atoms with Crippen molar-refractivity contribution in [1.29, 1.82) is 0 Å². The van der Waals surface area contributed by atoms with Crippen LogP contribution in [0.15, 0.2) is 18.7 Å². The topological polar surface area (TPSA) is 29.1 Å². The fourth-order valence-electron chi connectivity index (χ4n) is 1.57. The molecule has 4 heteroatoms. The van der Waals surface area contributed by atoms with Gasteiger partial charge in [0.1, 0.15) is 12.4 Å². The Hall–Kier alpha value is -1.32. The molecule has 0 saturated heterocycles. The molecule has 1 amide bonds. The molecule has 0 aliphatic heterocycles. The van der Waals surface area contributed by atoms with Gasteiger partial charge >= 0.3 is 6.03 Å². The molecule has 84 valence electrons. The van der Waals surface area contributed by atoms with Gasteiger partial charge in [0, 0.05) is 12.6 Å². The zero-order valence-corrected chi connectivity index (χ0v) is 9.97. The lowest BCUT2D eigenvalue weighted by Crippen LogP contribution is -2.41. The van der Waals surface area contributed by atoms with Crippen LogP contribution in [0, 0.1) is 0 Å². The van der Waals surface area contributed by atoms with Crippen molar-refractivity contribution >= 4 is 6.03 Å². The molecule has 15 heavy (non-hydrogen) atoms. The summed E-state index contributed by atoms with van der Waals surface area (Å²) in [6.45, 7) is 6.92. The summed E-state index contributed by atoms with van der Waals surface area (Å²) < 4.78 is 3.48. The zero-order chi connectivity index (χ0) is 11.4. The molecule has 0 fully saturated rings. The van der Waals surface area contributed by atoms with E-state index in [1.165, 1.54) is 0 Å². The Balaban J connectivity index is 2.82. The number of carbonyl (C=O) groups excluding carboxylic acids is 1. The van der Waals surface area contributed by atoms with Crippen molar-refractivity contribution in [2.75, 3.05) is 6.54 Å². The molecular formula is C11H20N3O+. The molecule has 0 radical (unpaired) electrons. The quantitative estimate of drug-likeness (QED) is 0.693. The number of aryl methyl sites for hydroxylation is 1. The maximum absolute atomic E-state index is 12.1. The summed E-state index contributed by atoms with van der Waals surface area (Å²) in [4.78, 5) is 13.9. The van der Waals surface area contributed by atoms with Gasteiger partial charge in [0.2, 0.25) is 0 Å². The highest BCUT2D eigenvalue weighted by Crippen LogP contribution is 2.05. The fraction of sp³-hybridized carbons (Fsp3) is 0.636. The monoisotopic (exact) mass is 210 g/mol. The maximum Gasteiger partial charge on any atom is 0.416 e. The Labute approximate surface area is 91.1 Å². The average molecular weight is 210 g/mol. The fourth-order valence-corrected chi connectivity index (χ4v) is 1.57. The molecule has 4 nitrogen and oxygen atoms in total. The number of nitrogens with zero attached hydrogens (tertiary/aromatic N) is 3. The van der Waals surface area contributed by atoms with Gasteiger partial charge in [-0.1, -0.05) is 6.92 Å². The van der Waals surface area contributed by atoms with Gasteiger partial charge in [0.25, 0.3) is 6.33 Å². The predicted molar refractivity (Wildman–Crippen MR) is 58.5 cm³/mol. The van der Waals surface area contributed by atoms with Gasteiger partial charge < -0.3 is 4.90 Å². The lowest BCUT2D eigenvalue weighted by atomic mass is 10.2. The molecule has 1 aromatic heterocycles. The van der Waals surface area contributed by atoms with E-state index in [1.807, 2.05) is 29.6 Å². The standard InChI is InChI=1S/C11H20N3O/c1-5-10(3)14(6-2)11(15)13-8-7-12(4)9-13/h7-10H,5-6H2,1-4H3/q+1. The molecular weight excluding hydrogens is 190 g/mol. The SMILES string of the molecule is CCC(C)N(CC)C(=O)n1cc[n+](C)c1. The van der Waals surface area contributed by atoms with E-state index < -0.39 is 0 Å². The normalized spacial score (nSPS) is 12.5. The molecule has 1 aromatic rings. The third-order valence-corrected chi connectivity index (χ3v) is 2.70. The van der Waals surface area contributed by atoms with E-state index in [-0.39, 0.29) is 12.1 Å². The van der Waals surface area contributed by atoms with Gasteiger partial charge in [-0.25, -0.2) is 9.36 Å². The number of aromatic nitrogens is 2. The Kier molecular flexibility index (Phi) is 3.88. The minimum absolute atomic E-state index is 0.0486. The lowest BCUT2D eigenvalue weighted by molar-refractivity contribution is -0.670. The van der Waals surface area contributed by atoms with E-state index in [0.717, 1.165) is 13.0 Å². The van der Waals surface area contributed by atoms with E-state index in [4.69, 9.17) is 0 Å². The first-order valence-electron chi connectivity index (χ1n) is 5.44. The zero-order valence-electron chi connectivity index (χ0n) is 9.97. The van der Waals surface area contributed by atoms with E-state index in [2.05, 4.69) is 13.8 Å². The molecule has 1 heterocycles. The molecule has 0 N–H and O–H groups in total. The minimum atomic E-state index is 0.0486. The van der Waals surface area contributed by atoms with Crippen LogP contribution in [0.5, 0.6) is 0 Å². The molecule has 1 unspecified atom stereocenters. The van der Waals surface area contributed by atoms with Crippen LogP contribution in [-0.2, 0) is 7.05 Å². The second-order valence-corrected chi connectivity index (χ2v) is 3.81. The second kappa shape index (κ2) is 4.96. The Morgan fingerprint density at radius 3 is 2.60 bits per heavy atom. The van der Waals surface area contributed by atoms with Gasteiger partial charge in [-0.3, -0.25) is 0 Å². The second-order valence-electron chi connectivity index (χ2n) is 3.81. The molecule has 0 aliphatic carbocycles. The van der Waals surface area contributed by atoms with Gasteiger partial charge in [-0.15, -0.1) is 0 Å². The summed E-state index contributed by atoms with van der Waals surface area (Å²) in [6.07, 6.45) is 6.41. The summed E-state index contributed by atoms with van der Waals surface area (Å²) in [6, 6.07) is 0.336. The Bertz CT molecular complexity index is 332. The van der Waals surface area contributed by atoms with Crippen molar-refractivity contribution in [2.24, 2.45) is 7.05 Å². The van der Waals surface area contributed by atoms with Gasteiger partial charge in [0.15, 0.2) is 0 Å². The number of imidazole rings is 1. The molecule has 1 rings (SSSR count).